The lowest BCUT2D eigenvalue weighted by molar-refractivity contribution is -0.00833. The number of aryl methyl sites for hydroxylation is 1. The van der Waals surface area contributed by atoms with Gasteiger partial charge >= 0.3 is 0 Å². The molecule has 0 bridgehead atoms. The van der Waals surface area contributed by atoms with Crippen molar-refractivity contribution in [2.45, 2.75) is 20.0 Å². The standard InChI is InChI=1S/C20H32N4O3S/c1-3-21-20(22-8-9-23-11-14-28(25,26)15-12-23)24-10-13-27-19(16-24)18-7-5-4-6-17(18)2/h4-7,19H,3,8-16H2,1-2H3,(H,21,22). The Morgan fingerprint density at radius 3 is 2.71 bits per heavy atom. The summed E-state index contributed by atoms with van der Waals surface area (Å²) in [4.78, 5) is 9.26. The van der Waals surface area contributed by atoms with E-state index in [1.807, 2.05) is 0 Å². The monoisotopic (exact) mass is 408 g/mol. The Balaban J connectivity index is 1.59. The molecule has 0 saturated carbocycles. The van der Waals surface area contributed by atoms with Crippen LogP contribution >= 0.6 is 0 Å². The molecule has 2 saturated heterocycles. The third-order valence-electron chi connectivity index (χ3n) is 5.35. The molecule has 2 aliphatic heterocycles. The zero-order valence-corrected chi connectivity index (χ0v) is 17.7. The van der Waals surface area contributed by atoms with Crippen molar-refractivity contribution in [1.29, 1.82) is 0 Å². The molecule has 0 aromatic heterocycles. The Bertz CT molecular complexity index is 767. The molecule has 1 aromatic rings. The van der Waals surface area contributed by atoms with Gasteiger partial charge in [-0.25, -0.2) is 8.42 Å². The number of benzene rings is 1. The first-order valence-corrected chi connectivity index (χ1v) is 11.9. The van der Waals surface area contributed by atoms with Gasteiger partial charge < -0.3 is 15.0 Å². The predicted molar refractivity (Wildman–Crippen MR) is 113 cm³/mol. The summed E-state index contributed by atoms with van der Waals surface area (Å²) in [5, 5.41) is 3.40. The zero-order valence-electron chi connectivity index (χ0n) is 16.9. The van der Waals surface area contributed by atoms with Crippen molar-refractivity contribution < 1.29 is 13.2 Å². The maximum atomic E-state index is 11.6. The predicted octanol–water partition coefficient (Wildman–Crippen LogP) is 1.06. The third-order valence-corrected chi connectivity index (χ3v) is 6.96. The summed E-state index contributed by atoms with van der Waals surface area (Å²) in [6.07, 6.45) is 0.0473. The molecule has 1 unspecified atom stereocenters. The van der Waals surface area contributed by atoms with Gasteiger partial charge in [0.05, 0.1) is 31.2 Å². The van der Waals surface area contributed by atoms with Crippen LogP contribution in [0.4, 0.5) is 0 Å². The quantitative estimate of drug-likeness (QED) is 0.580. The lowest BCUT2D eigenvalue weighted by Gasteiger charge is -2.36. The number of guanidine groups is 1. The van der Waals surface area contributed by atoms with E-state index in [9.17, 15) is 8.42 Å². The average molecular weight is 409 g/mol. The number of hydrogen-bond acceptors (Lipinski definition) is 5. The number of hydrogen-bond donors (Lipinski definition) is 1. The first kappa shape index (κ1) is 21.1. The summed E-state index contributed by atoms with van der Waals surface area (Å²) in [5.41, 5.74) is 2.48. The summed E-state index contributed by atoms with van der Waals surface area (Å²) in [6.45, 7) is 9.95. The van der Waals surface area contributed by atoms with Crippen LogP contribution < -0.4 is 5.32 Å². The lowest BCUT2D eigenvalue weighted by Crippen LogP contribution is -2.48. The van der Waals surface area contributed by atoms with E-state index >= 15 is 0 Å². The average Bonchev–Trinajstić information content (AvgIpc) is 2.69. The molecule has 28 heavy (non-hydrogen) atoms. The molecule has 2 aliphatic rings. The number of nitrogens with zero attached hydrogens (tertiary/aromatic N) is 3. The number of aliphatic imine (C=N–C) groups is 1. The summed E-state index contributed by atoms with van der Waals surface area (Å²) in [7, 11) is -2.83. The van der Waals surface area contributed by atoms with Gasteiger partial charge in [-0.05, 0) is 25.0 Å². The second-order valence-corrected chi connectivity index (χ2v) is 9.69. The van der Waals surface area contributed by atoms with Crippen LogP contribution in [0.2, 0.25) is 0 Å². The Morgan fingerprint density at radius 2 is 2.00 bits per heavy atom. The molecule has 2 fully saturated rings. The van der Waals surface area contributed by atoms with Gasteiger partial charge in [-0.2, -0.15) is 0 Å². The first-order chi connectivity index (χ1) is 13.5. The first-order valence-electron chi connectivity index (χ1n) is 10.1. The van der Waals surface area contributed by atoms with Crippen molar-refractivity contribution in [3.8, 4) is 0 Å². The highest BCUT2D eigenvalue weighted by molar-refractivity contribution is 7.91. The van der Waals surface area contributed by atoms with Crippen LogP contribution in [0.25, 0.3) is 0 Å². The third kappa shape index (κ3) is 5.68. The normalized spacial score (nSPS) is 23.6. The second kappa shape index (κ2) is 9.71. The van der Waals surface area contributed by atoms with Crippen molar-refractivity contribution in [3.05, 3.63) is 35.4 Å². The minimum atomic E-state index is -2.83. The van der Waals surface area contributed by atoms with Crippen molar-refractivity contribution in [2.75, 3.05) is 63.9 Å². The lowest BCUT2D eigenvalue weighted by atomic mass is 10.0. The summed E-state index contributed by atoms with van der Waals surface area (Å²) in [6, 6.07) is 8.37. The van der Waals surface area contributed by atoms with E-state index in [-0.39, 0.29) is 17.6 Å². The van der Waals surface area contributed by atoms with Gasteiger partial charge in [-0.3, -0.25) is 9.89 Å². The van der Waals surface area contributed by atoms with Gasteiger partial charge in [0, 0.05) is 32.7 Å². The Hall–Kier alpha value is -1.64. The molecular weight excluding hydrogens is 376 g/mol. The van der Waals surface area contributed by atoms with Gasteiger partial charge in [0.2, 0.25) is 0 Å². The molecule has 0 spiro atoms. The van der Waals surface area contributed by atoms with Gasteiger partial charge in [-0.15, -0.1) is 0 Å². The molecule has 0 aliphatic carbocycles. The number of morpholine rings is 1. The van der Waals surface area contributed by atoms with Crippen LogP contribution in [-0.4, -0.2) is 88.1 Å². The van der Waals surface area contributed by atoms with E-state index in [1.54, 1.807) is 0 Å². The molecule has 1 N–H and O–H groups in total. The molecule has 1 aromatic carbocycles. The molecule has 3 rings (SSSR count). The van der Waals surface area contributed by atoms with Crippen LogP contribution in [0.1, 0.15) is 24.2 Å². The number of rotatable bonds is 5. The fraction of sp³-hybridized carbons (Fsp3) is 0.650. The SMILES string of the molecule is CCNC(=NCCN1CCS(=O)(=O)CC1)N1CCOC(c2ccccc2C)C1. The molecule has 7 nitrogen and oxygen atoms in total. The second-order valence-electron chi connectivity index (χ2n) is 7.39. The van der Waals surface area contributed by atoms with Crippen molar-refractivity contribution in [2.24, 2.45) is 4.99 Å². The molecule has 0 amide bonds. The fourth-order valence-corrected chi connectivity index (χ4v) is 4.95. The van der Waals surface area contributed by atoms with E-state index in [0.717, 1.165) is 32.1 Å². The van der Waals surface area contributed by atoms with Crippen molar-refractivity contribution in [1.82, 2.24) is 15.1 Å². The highest BCUT2D eigenvalue weighted by Gasteiger charge is 2.25. The van der Waals surface area contributed by atoms with Gasteiger partial charge in [0.1, 0.15) is 6.10 Å². The van der Waals surface area contributed by atoms with Gasteiger partial charge in [0.25, 0.3) is 0 Å². The zero-order chi connectivity index (χ0) is 20.0. The molecule has 8 heteroatoms. The number of ether oxygens (including phenoxy) is 1. The van der Waals surface area contributed by atoms with Crippen LogP contribution in [0.3, 0.4) is 0 Å². The molecule has 0 radical (unpaired) electrons. The van der Waals surface area contributed by atoms with Crippen LogP contribution in [0.5, 0.6) is 0 Å². The fourth-order valence-electron chi connectivity index (χ4n) is 3.67. The minimum Gasteiger partial charge on any atom is -0.370 e. The van der Waals surface area contributed by atoms with Crippen LogP contribution in [-0.2, 0) is 14.6 Å². The molecule has 1 atom stereocenters. The number of nitrogens with one attached hydrogen (secondary N) is 1. The molecule has 2 heterocycles. The van der Waals surface area contributed by atoms with Crippen LogP contribution in [0, 0.1) is 6.92 Å². The summed E-state index contributed by atoms with van der Waals surface area (Å²) in [5.74, 6) is 1.44. The van der Waals surface area contributed by atoms with Gasteiger partial charge in [-0.1, -0.05) is 24.3 Å². The van der Waals surface area contributed by atoms with E-state index < -0.39 is 9.84 Å². The Labute approximate surface area is 168 Å². The van der Waals surface area contributed by atoms with Crippen molar-refractivity contribution >= 4 is 15.8 Å². The molecule has 156 valence electrons. The smallest absolute Gasteiger partial charge is 0.194 e. The van der Waals surface area contributed by atoms with E-state index in [1.165, 1.54) is 11.1 Å². The maximum Gasteiger partial charge on any atom is 0.194 e. The summed E-state index contributed by atoms with van der Waals surface area (Å²) >= 11 is 0. The highest BCUT2D eigenvalue weighted by Crippen LogP contribution is 2.24. The van der Waals surface area contributed by atoms with Crippen LogP contribution in [0.15, 0.2) is 29.3 Å². The van der Waals surface area contributed by atoms with E-state index in [2.05, 4.69) is 53.2 Å². The Morgan fingerprint density at radius 1 is 1.25 bits per heavy atom. The minimum absolute atomic E-state index is 0.0473. The number of sulfone groups is 1. The maximum absolute atomic E-state index is 11.6. The Kier molecular flexibility index (Phi) is 7.31. The molecular formula is C20H32N4O3S. The van der Waals surface area contributed by atoms with E-state index in [0.29, 0.717) is 26.2 Å². The highest BCUT2D eigenvalue weighted by atomic mass is 32.2. The topological polar surface area (TPSA) is 74.2 Å². The summed E-state index contributed by atoms with van der Waals surface area (Å²) < 4.78 is 29.2. The largest absolute Gasteiger partial charge is 0.370 e. The van der Waals surface area contributed by atoms with Gasteiger partial charge in [0.15, 0.2) is 15.8 Å². The van der Waals surface area contributed by atoms with Crippen molar-refractivity contribution in [3.63, 3.8) is 0 Å². The van der Waals surface area contributed by atoms with E-state index in [4.69, 9.17) is 9.73 Å².